The van der Waals surface area contributed by atoms with Crippen LogP contribution in [0.15, 0.2) is 0 Å². The number of nitrogens with zero attached hydrogens (tertiary/aromatic N) is 1. The van der Waals surface area contributed by atoms with E-state index in [1.165, 1.54) is 58.0 Å². The van der Waals surface area contributed by atoms with Gasteiger partial charge in [-0.15, -0.1) is 0 Å². The fourth-order valence-electron chi connectivity index (χ4n) is 2.85. The zero-order valence-corrected chi connectivity index (χ0v) is 11.0. The normalized spacial score (nSPS) is 29.2. The first-order chi connectivity index (χ1) is 7.79. The molecule has 2 rings (SSSR count). The average Bonchev–Trinajstić information content (AvgIpc) is 3.10. The molecule has 2 unspecified atom stereocenters. The summed E-state index contributed by atoms with van der Waals surface area (Å²) in [4.78, 5) is 2.54. The molecule has 16 heavy (non-hydrogen) atoms. The second-order valence-corrected chi connectivity index (χ2v) is 5.82. The quantitative estimate of drug-likeness (QED) is 0.746. The molecule has 0 spiro atoms. The van der Waals surface area contributed by atoms with Crippen LogP contribution in [-0.4, -0.2) is 37.1 Å². The van der Waals surface area contributed by atoms with Crippen LogP contribution in [0.1, 0.15) is 51.9 Å². The van der Waals surface area contributed by atoms with Crippen LogP contribution in [-0.2, 0) is 0 Å². The Morgan fingerprint density at radius 2 is 2.06 bits per heavy atom. The van der Waals surface area contributed by atoms with Crippen molar-refractivity contribution in [3.63, 3.8) is 0 Å². The van der Waals surface area contributed by atoms with Crippen LogP contribution in [0, 0.1) is 5.92 Å². The highest BCUT2D eigenvalue weighted by Gasteiger charge is 2.25. The predicted octanol–water partition coefficient (Wildman–Crippen LogP) is 2.64. The predicted molar refractivity (Wildman–Crippen MR) is 69.7 cm³/mol. The summed E-state index contributed by atoms with van der Waals surface area (Å²) in [5, 5.41) is 3.80. The lowest BCUT2D eigenvalue weighted by atomic mass is 10.0. The molecule has 0 aromatic heterocycles. The molecular weight excluding hydrogens is 196 g/mol. The van der Waals surface area contributed by atoms with Crippen LogP contribution in [0.4, 0.5) is 0 Å². The lowest BCUT2D eigenvalue weighted by Gasteiger charge is -2.33. The third-order valence-electron chi connectivity index (χ3n) is 4.37. The zero-order valence-electron chi connectivity index (χ0n) is 11.0. The molecule has 0 amide bonds. The van der Waals surface area contributed by atoms with Crippen LogP contribution >= 0.6 is 0 Å². The summed E-state index contributed by atoms with van der Waals surface area (Å²) in [6.07, 6.45) is 9.91. The maximum absolute atomic E-state index is 3.80. The van der Waals surface area contributed by atoms with Crippen molar-refractivity contribution in [3.8, 4) is 0 Å². The first-order valence-corrected chi connectivity index (χ1v) is 7.23. The summed E-state index contributed by atoms with van der Waals surface area (Å²) in [6, 6.07) is 1.57. The van der Waals surface area contributed by atoms with Crippen LogP contribution in [0.25, 0.3) is 0 Å². The van der Waals surface area contributed by atoms with Gasteiger partial charge in [0.25, 0.3) is 0 Å². The fraction of sp³-hybridized carbons (Fsp3) is 1.00. The summed E-state index contributed by atoms with van der Waals surface area (Å²) >= 11 is 0. The van der Waals surface area contributed by atoms with Gasteiger partial charge in [0.2, 0.25) is 0 Å². The number of rotatable bonds is 6. The summed E-state index contributed by atoms with van der Waals surface area (Å²) < 4.78 is 0. The summed E-state index contributed by atoms with van der Waals surface area (Å²) in [7, 11) is 2.29. The maximum atomic E-state index is 3.80. The minimum absolute atomic E-state index is 0.780. The number of likely N-dealkylation sites (tertiary alicyclic amines) is 1. The number of hydrogen-bond donors (Lipinski definition) is 1. The highest BCUT2D eigenvalue weighted by molar-refractivity contribution is 4.82. The van der Waals surface area contributed by atoms with E-state index >= 15 is 0 Å². The molecular formula is C14H28N2. The second kappa shape index (κ2) is 6.02. The molecule has 1 N–H and O–H groups in total. The lowest BCUT2D eigenvalue weighted by molar-refractivity contribution is 0.176. The SMILES string of the molecule is CCC(CC1CC1)NCC1CCCCN1C. The monoisotopic (exact) mass is 224 g/mol. The molecule has 0 radical (unpaired) electrons. The Bertz CT molecular complexity index is 201. The Hall–Kier alpha value is -0.0800. The van der Waals surface area contributed by atoms with Crippen molar-refractivity contribution in [2.45, 2.75) is 64.0 Å². The Labute approximate surface area is 101 Å². The molecule has 1 heterocycles. The third kappa shape index (κ3) is 3.74. The van der Waals surface area contributed by atoms with Crippen molar-refractivity contribution in [2.24, 2.45) is 5.92 Å². The number of piperidine rings is 1. The van der Waals surface area contributed by atoms with Gasteiger partial charge in [-0.2, -0.15) is 0 Å². The highest BCUT2D eigenvalue weighted by Crippen LogP contribution is 2.34. The van der Waals surface area contributed by atoms with Crippen molar-refractivity contribution in [2.75, 3.05) is 20.1 Å². The Morgan fingerprint density at radius 3 is 2.69 bits per heavy atom. The third-order valence-corrected chi connectivity index (χ3v) is 4.37. The van der Waals surface area contributed by atoms with Gasteiger partial charge >= 0.3 is 0 Å². The van der Waals surface area contributed by atoms with Gasteiger partial charge in [-0.3, -0.25) is 0 Å². The molecule has 2 fully saturated rings. The molecule has 0 aromatic carbocycles. The summed E-state index contributed by atoms with van der Waals surface area (Å²) in [6.45, 7) is 4.83. The molecule has 1 saturated carbocycles. The molecule has 1 saturated heterocycles. The van der Waals surface area contributed by atoms with Gasteiger partial charge in [0.1, 0.15) is 0 Å². The maximum Gasteiger partial charge on any atom is 0.0217 e. The number of likely N-dealkylation sites (N-methyl/N-ethyl adjacent to an activating group) is 1. The lowest BCUT2D eigenvalue weighted by Crippen LogP contribution is -2.45. The van der Waals surface area contributed by atoms with Crippen LogP contribution in [0.2, 0.25) is 0 Å². The average molecular weight is 224 g/mol. The molecule has 94 valence electrons. The van der Waals surface area contributed by atoms with E-state index < -0.39 is 0 Å². The molecule has 0 bridgehead atoms. The fourth-order valence-corrected chi connectivity index (χ4v) is 2.85. The van der Waals surface area contributed by atoms with Gasteiger partial charge in [0.05, 0.1) is 0 Å². The summed E-state index contributed by atoms with van der Waals surface area (Å²) in [5.74, 6) is 1.06. The van der Waals surface area contributed by atoms with E-state index in [1.807, 2.05) is 0 Å². The van der Waals surface area contributed by atoms with Crippen molar-refractivity contribution in [1.82, 2.24) is 10.2 Å². The molecule has 0 aromatic rings. The van der Waals surface area contributed by atoms with Crippen molar-refractivity contribution in [1.29, 1.82) is 0 Å². The van der Waals surface area contributed by atoms with Crippen molar-refractivity contribution < 1.29 is 0 Å². The van der Waals surface area contributed by atoms with Gasteiger partial charge in [0, 0.05) is 18.6 Å². The van der Waals surface area contributed by atoms with Gasteiger partial charge in [-0.1, -0.05) is 26.2 Å². The van der Waals surface area contributed by atoms with E-state index in [0.717, 1.165) is 18.0 Å². The number of hydrogen-bond acceptors (Lipinski definition) is 2. The van der Waals surface area contributed by atoms with Crippen molar-refractivity contribution >= 4 is 0 Å². The highest BCUT2D eigenvalue weighted by atomic mass is 15.2. The molecule has 2 nitrogen and oxygen atoms in total. The Balaban J connectivity index is 1.66. The summed E-state index contributed by atoms with van der Waals surface area (Å²) in [5.41, 5.74) is 0. The molecule has 1 aliphatic carbocycles. The minimum Gasteiger partial charge on any atom is -0.312 e. The van der Waals surface area contributed by atoms with E-state index in [4.69, 9.17) is 0 Å². The molecule has 2 atom stereocenters. The smallest absolute Gasteiger partial charge is 0.0217 e. The van der Waals surface area contributed by atoms with Gasteiger partial charge in [-0.05, 0) is 45.2 Å². The van der Waals surface area contributed by atoms with Gasteiger partial charge in [-0.25, -0.2) is 0 Å². The standard InChI is InChI=1S/C14H28N2/c1-3-13(10-12-7-8-12)15-11-14-6-4-5-9-16(14)2/h12-15H,3-11H2,1-2H3. The van der Waals surface area contributed by atoms with E-state index in [9.17, 15) is 0 Å². The topological polar surface area (TPSA) is 15.3 Å². The van der Waals surface area contributed by atoms with E-state index in [2.05, 4.69) is 24.2 Å². The van der Waals surface area contributed by atoms with Crippen LogP contribution < -0.4 is 5.32 Å². The van der Waals surface area contributed by atoms with Gasteiger partial charge in [0.15, 0.2) is 0 Å². The van der Waals surface area contributed by atoms with E-state index in [0.29, 0.717) is 0 Å². The second-order valence-electron chi connectivity index (χ2n) is 5.82. The first kappa shape index (κ1) is 12.4. The van der Waals surface area contributed by atoms with E-state index in [-0.39, 0.29) is 0 Å². The Morgan fingerprint density at radius 1 is 1.25 bits per heavy atom. The Kier molecular flexibility index (Phi) is 4.66. The van der Waals surface area contributed by atoms with Crippen LogP contribution in [0.3, 0.4) is 0 Å². The first-order valence-electron chi connectivity index (χ1n) is 7.23. The van der Waals surface area contributed by atoms with Crippen molar-refractivity contribution in [3.05, 3.63) is 0 Å². The number of nitrogens with one attached hydrogen (secondary N) is 1. The minimum atomic E-state index is 0.780. The largest absolute Gasteiger partial charge is 0.312 e. The molecule has 2 heteroatoms. The van der Waals surface area contributed by atoms with Gasteiger partial charge < -0.3 is 10.2 Å². The van der Waals surface area contributed by atoms with E-state index in [1.54, 1.807) is 0 Å². The molecule has 1 aliphatic heterocycles. The molecule has 2 aliphatic rings. The zero-order chi connectivity index (χ0) is 11.4. The van der Waals surface area contributed by atoms with Crippen LogP contribution in [0.5, 0.6) is 0 Å².